The van der Waals surface area contributed by atoms with Crippen LogP contribution in [0.5, 0.6) is 5.75 Å². The van der Waals surface area contributed by atoms with Crippen LogP contribution in [0.15, 0.2) is 18.2 Å². The third kappa shape index (κ3) is 7.87. The number of alkyl carbamates (subject to hydrolysis) is 1. The van der Waals surface area contributed by atoms with Gasteiger partial charge < -0.3 is 25.4 Å². The number of phenols is 1. The molecule has 3 atom stereocenters. The maximum Gasteiger partial charge on any atom is 0.408 e. The number of nitrogens with zero attached hydrogens (tertiary/aromatic N) is 1. The molecule has 202 valence electrons. The van der Waals surface area contributed by atoms with E-state index in [9.17, 15) is 19.5 Å². The van der Waals surface area contributed by atoms with Crippen LogP contribution in [0.1, 0.15) is 97.2 Å². The molecule has 36 heavy (non-hydrogen) atoms. The van der Waals surface area contributed by atoms with E-state index in [4.69, 9.17) is 4.74 Å². The fourth-order valence-electron chi connectivity index (χ4n) is 4.23. The van der Waals surface area contributed by atoms with Gasteiger partial charge in [0.1, 0.15) is 23.4 Å². The van der Waals surface area contributed by atoms with Gasteiger partial charge in [0.2, 0.25) is 11.8 Å². The summed E-state index contributed by atoms with van der Waals surface area (Å²) in [6.45, 7) is 13.5. The molecule has 3 unspecified atom stereocenters. The minimum atomic E-state index is -0.869. The van der Waals surface area contributed by atoms with Crippen molar-refractivity contribution < 1.29 is 24.2 Å². The monoisotopic (exact) mass is 503 g/mol. The zero-order chi connectivity index (χ0) is 27.0. The lowest BCUT2D eigenvalue weighted by Gasteiger charge is -2.44. The first kappa shape index (κ1) is 29.5. The molecular formula is C28H45N3O5. The Balaban J connectivity index is 2.50. The van der Waals surface area contributed by atoms with Gasteiger partial charge in [-0.3, -0.25) is 9.59 Å². The van der Waals surface area contributed by atoms with Gasteiger partial charge in [-0.25, -0.2) is 4.79 Å². The number of hydrogen-bond acceptors (Lipinski definition) is 5. The second-order valence-corrected chi connectivity index (χ2v) is 10.9. The van der Waals surface area contributed by atoms with Crippen molar-refractivity contribution in [1.82, 2.24) is 15.5 Å². The summed E-state index contributed by atoms with van der Waals surface area (Å²) in [5, 5.41) is 15.9. The minimum Gasteiger partial charge on any atom is -0.508 e. The largest absolute Gasteiger partial charge is 0.508 e. The summed E-state index contributed by atoms with van der Waals surface area (Å²) in [5.41, 5.74) is 0.566. The van der Waals surface area contributed by atoms with E-state index in [-0.39, 0.29) is 29.5 Å². The molecule has 0 spiro atoms. The van der Waals surface area contributed by atoms with Gasteiger partial charge in [0.15, 0.2) is 0 Å². The Kier molecular flexibility index (Phi) is 10.6. The first-order valence-electron chi connectivity index (χ1n) is 13.3. The Bertz CT molecular complexity index is 907. The number of nitrogens with one attached hydrogen (secondary N) is 2. The summed E-state index contributed by atoms with van der Waals surface area (Å²) in [6.07, 6.45) is 4.34. The molecule has 1 aliphatic rings. The van der Waals surface area contributed by atoms with Gasteiger partial charge in [0.05, 0.1) is 0 Å². The third-order valence-electron chi connectivity index (χ3n) is 6.77. The summed E-state index contributed by atoms with van der Waals surface area (Å²) in [6, 6.07) is 3.20. The van der Waals surface area contributed by atoms with E-state index >= 15 is 0 Å². The van der Waals surface area contributed by atoms with Crippen LogP contribution in [0.3, 0.4) is 0 Å². The number of carbonyl (C=O) groups excluding carboxylic acids is 3. The third-order valence-corrected chi connectivity index (χ3v) is 6.77. The van der Waals surface area contributed by atoms with Gasteiger partial charge in [-0.1, -0.05) is 39.7 Å². The van der Waals surface area contributed by atoms with Crippen molar-refractivity contribution in [3.63, 3.8) is 0 Å². The van der Waals surface area contributed by atoms with Crippen molar-refractivity contribution in [3.8, 4) is 5.75 Å². The highest BCUT2D eigenvalue weighted by Gasteiger charge is 2.43. The number of carbonyl (C=O) groups is 3. The molecule has 2 rings (SSSR count). The predicted molar refractivity (Wildman–Crippen MR) is 141 cm³/mol. The van der Waals surface area contributed by atoms with Crippen molar-refractivity contribution in [2.75, 3.05) is 6.54 Å². The minimum absolute atomic E-state index is 0.111. The number of phenolic OH excluding ortho intramolecular Hbond substituents is 1. The highest BCUT2D eigenvalue weighted by molar-refractivity contribution is 5.92. The molecule has 3 amide bonds. The average molecular weight is 504 g/mol. The van der Waals surface area contributed by atoms with Crippen molar-refractivity contribution in [1.29, 1.82) is 0 Å². The number of hydrogen-bond donors (Lipinski definition) is 3. The smallest absolute Gasteiger partial charge is 0.408 e. The van der Waals surface area contributed by atoms with Crippen LogP contribution in [0.4, 0.5) is 4.79 Å². The van der Waals surface area contributed by atoms with E-state index in [0.717, 1.165) is 32.1 Å². The van der Waals surface area contributed by atoms with Crippen LogP contribution < -0.4 is 10.6 Å². The summed E-state index contributed by atoms with van der Waals surface area (Å²) >= 11 is 0. The molecule has 3 N–H and O–H groups in total. The van der Waals surface area contributed by atoms with Crippen molar-refractivity contribution >= 4 is 17.9 Å². The molecule has 8 nitrogen and oxygen atoms in total. The topological polar surface area (TPSA) is 108 Å². The molecule has 1 aliphatic carbocycles. The van der Waals surface area contributed by atoms with Crippen LogP contribution in [0, 0.1) is 12.8 Å². The van der Waals surface area contributed by atoms with Crippen molar-refractivity contribution in [2.24, 2.45) is 5.92 Å². The van der Waals surface area contributed by atoms with Gasteiger partial charge in [0.25, 0.3) is 0 Å². The lowest BCUT2D eigenvalue weighted by molar-refractivity contribution is -0.148. The highest BCUT2D eigenvalue weighted by Crippen LogP contribution is 2.35. The fraction of sp³-hybridized carbons (Fsp3) is 0.679. The Hall–Kier alpha value is -2.77. The number of ether oxygens (including phenoxy) is 1. The standard InChI is InChI=1S/C28H45N3O5/c1-8-10-16-29-25(33)24(20-14-15-22(32)19(4)17-20)31(21-12-11-13-21)26(34)23(18(3)9-2)30-27(35)36-28(5,6)7/h14-15,17-18,21,23-24,32H,8-13,16H2,1-7H3,(H,29,33)(H,30,35). The second kappa shape index (κ2) is 13.0. The van der Waals surface area contributed by atoms with Crippen LogP contribution in [-0.4, -0.2) is 52.1 Å². The Morgan fingerprint density at radius 2 is 1.86 bits per heavy atom. The Morgan fingerprint density at radius 3 is 2.36 bits per heavy atom. The molecule has 0 saturated heterocycles. The Morgan fingerprint density at radius 1 is 1.19 bits per heavy atom. The van der Waals surface area contributed by atoms with E-state index in [1.807, 2.05) is 13.8 Å². The molecule has 8 heteroatoms. The van der Waals surface area contributed by atoms with Gasteiger partial charge >= 0.3 is 6.09 Å². The first-order valence-corrected chi connectivity index (χ1v) is 13.3. The SMILES string of the molecule is CCCCNC(=O)C(c1ccc(O)c(C)c1)N(C(=O)C(NC(=O)OC(C)(C)C)C(C)CC)C1CCC1. The zero-order valence-electron chi connectivity index (χ0n) is 23.0. The maximum atomic E-state index is 14.2. The summed E-state index contributed by atoms with van der Waals surface area (Å²) < 4.78 is 5.45. The molecule has 0 aliphatic heterocycles. The predicted octanol–water partition coefficient (Wildman–Crippen LogP) is 4.98. The van der Waals surface area contributed by atoms with E-state index < -0.39 is 23.8 Å². The number of rotatable bonds is 11. The first-order chi connectivity index (χ1) is 16.9. The molecule has 1 saturated carbocycles. The molecule has 1 aromatic rings. The highest BCUT2D eigenvalue weighted by atomic mass is 16.6. The fourth-order valence-corrected chi connectivity index (χ4v) is 4.23. The van der Waals surface area contributed by atoms with Gasteiger partial charge in [-0.15, -0.1) is 0 Å². The van der Waals surface area contributed by atoms with Crippen molar-refractivity contribution in [2.45, 2.75) is 111 Å². The normalized spacial score (nSPS) is 16.3. The second-order valence-electron chi connectivity index (χ2n) is 10.9. The van der Waals surface area contributed by atoms with E-state index in [2.05, 4.69) is 17.6 Å². The number of aryl methyl sites for hydroxylation is 1. The number of benzene rings is 1. The van der Waals surface area contributed by atoms with Crippen LogP contribution in [-0.2, 0) is 14.3 Å². The summed E-state index contributed by atoms with van der Waals surface area (Å²) in [5.74, 6) is -0.581. The number of unbranched alkanes of at least 4 members (excludes halogenated alkanes) is 1. The molecule has 1 fully saturated rings. The van der Waals surface area contributed by atoms with E-state index in [1.54, 1.807) is 50.8 Å². The van der Waals surface area contributed by atoms with Crippen LogP contribution in [0.25, 0.3) is 0 Å². The molecule has 1 aromatic carbocycles. The number of aromatic hydroxyl groups is 1. The van der Waals surface area contributed by atoms with Gasteiger partial charge in [0, 0.05) is 12.6 Å². The van der Waals surface area contributed by atoms with Crippen molar-refractivity contribution in [3.05, 3.63) is 29.3 Å². The van der Waals surface area contributed by atoms with E-state index in [0.29, 0.717) is 24.1 Å². The summed E-state index contributed by atoms with van der Waals surface area (Å²) in [4.78, 5) is 42.2. The maximum absolute atomic E-state index is 14.2. The lowest BCUT2D eigenvalue weighted by Crippen LogP contribution is -2.59. The lowest BCUT2D eigenvalue weighted by atomic mass is 9.86. The molecular weight excluding hydrogens is 458 g/mol. The van der Waals surface area contributed by atoms with E-state index in [1.165, 1.54) is 0 Å². The number of amides is 3. The quantitative estimate of drug-likeness (QED) is 0.369. The molecule has 0 aromatic heterocycles. The van der Waals surface area contributed by atoms with Gasteiger partial charge in [-0.2, -0.15) is 0 Å². The Labute approximate surface area is 216 Å². The average Bonchev–Trinajstić information content (AvgIpc) is 2.76. The van der Waals surface area contributed by atoms with Crippen LogP contribution >= 0.6 is 0 Å². The van der Waals surface area contributed by atoms with Crippen LogP contribution in [0.2, 0.25) is 0 Å². The molecule has 0 bridgehead atoms. The summed E-state index contributed by atoms with van der Waals surface area (Å²) in [7, 11) is 0. The zero-order valence-corrected chi connectivity index (χ0v) is 23.0. The van der Waals surface area contributed by atoms with Gasteiger partial charge in [-0.05, 0) is 82.6 Å². The molecule has 0 heterocycles. The molecule has 0 radical (unpaired) electrons.